The molecular formula is C16H15N3O5S. The van der Waals surface area contributed by atoms with Crippen molar-refractivity contribution >= 4 is 40.1 Å². The molecule has 25 heavy (non-hydrogen) atoms. The Balaban J connectivity index is 1.76. The van der Waals surface area contributed by atoms with E-state index in [-0.39, 0.29) is 5.76 Å². The molecule has 0 saturated carbocycles. The fourth-order valence-electron chi connectivity index (χ4n) is 2.76. The van der Waals surface area contributed by atoms with Gasteiger partial charge in [-0.05, 0) is 43.4 Å². The van der Waals surface area contributed by atoms with Gasteiger partial charge in [0.2, 0.25) is 5.91 Å². The molecule has 3 rings (SSSR count). The Morgan fingerprint density at radius 3 is 2.76 bits per heavy atom. The minimum Gasteiger partial charge on any atom is -0.401 e. The van der Waals surface area contributed by atoms with E-state index in [4.69, 9.17) is 10.2 Å². The zero-order chi connectivity index (χ0) is 18.0. The van der Waals surface area contributed by atoms with Crippen LogP contribution in [0.3, 0.4) is 0 Å². The number of nitrogens with zero attached hydrogens (tertiary/aromatic N) is 1. The molecular weight excluding hydrogens is 346 g/mol. The lowest BCUT2D eigenvalue weighted by molar-refractivity contribution is -0.402. The van der Waals surface area contributed by atoms with Gasteiger partial charge in [-0.2, -0.15) is 0 Å². The molecule has 0 bridgehead atoms. The highest BCUT2D eigenvalue weighted by atomic mass is 32.1. The summed E-state index contributed by atoms with van der Waals surface area (Å²) in [5.74, 6) is -1.25. The van der Waals surface area contributed by atoms with E-state index < -0.39 is 22.6 Å². The highest BCUT2D eigenvalue weighted by molar-refractivity contribution is 7.17. The zero-order valence-electron chi connectivity index (χ0n) is 13.1. The molecule has 2 amide bonds. The molecule has 2 aromatic heterocycles. The number of nitrogens with one attached hydrogen (secondary N) is 1. The molecule has 3 N–H and O–H groups in total. The molecule has 0 aromatic carbocycles. The Morgan fingerprint density at radius 1 is 1.32 bits per heavy atom. The van der Waals surface area contributed by atoms with Crippen LogP contribution in [0.2, 0.25) is 0 Å². The topological polar surface area (TPSA) is 128 Å². The molecule has 0 saturated heterocycles. The Hall–Kier alpha value is -2.94. The largest absolute Gasteiger partial charge is 0.433 e. The fourth-order valence-corrected chi connectivity index (χ4v) is 4.05. The summed E-state index contributed by atoms with van der Waals surface area (Å²) in [6.07, 6.45) is 6.21. The molecule has 9 heteroatoms. The number of furan rings is 1. The highest BCUT2D eigenvalue weighted by Crippen LogP contribution is 2.37. The lowest BCUT2D eigenvalue weighted by atomic mass is 9.95. The first-order valence-corrected chi connectivity index (χ1v) is 8.45. The molecule has 1 aliphatic rings. The number of nitrogens with two attached hydrogens (primary N) is 1. The van der Waals surface area contributed by atoms with Crippen molar-refractivity contribution in [1.82, 2.24) is 0 Å². The van der Waals surface area contributed by atoms with Crippen molar-refractivity contribution < 1.29 is 18.9 Å². The summed E-state index contributed by atoms with van der Waals surface area (Å²) in [6.45, 7) is 0. The Labute approximate surface area is 146 Å². The maximum absolute atomic E-state index is 12.1. The third-order valence-electron chi connectivity index (χ3n) is 3.85. The molecule has 0 spiro atoms. The summed E-state index contributed by atoms with van der Waals surface area (Å²) in [5.41, 5.74) is 6.79. The molecule has 0 unspecified atom stereocenters. The van der Waals surface area contributed by atoms with Gasteiger partial charge < -0.3 is 15.5 Å². The van der Waals surface area contributed by atoms with Crippen LogP contribution in [0.5, 0.6) is 0 Å². The molecule has 2 aromatic rings. The second-order valence-corrected chi connectivity index (χ2v) is 6.64. The molecule has 130 valence electrons. The SMILES string of the molecule is NC(=O)c1c(NC(=O)/C=C/c2ccc([N+](=O)[O-])o2)sc2c1CCCC2. The van der Waals surface area contributed by atoms with E-state index in [2.05, 4.69) is 5.32 Å². The number of primary amides is 1. The molecule has 2 heterocycles. The van der Waals surface area contributed by atoms with Crippen LogP contribution in [0.15, 0.2) is 22.6 Å². The number of nitro groups is 1. The number of carbonyl (C=O) groups is 2. The number of anilines is 1. The third kappa shape index (κ3) is 3.61. The van der Waals surface area contributed by atoms with E-state index in [0.29, 0.717) is 10.6 Å². The summed E-state index contributed by atoms with van der Waals surface area (Å²) in [5, 5.41) is 13.7. The van der Waals surface area contributed by atoms with Crippen LogP contribution in [0.1, 0.15) is 39.4 Å². The Kier molecular flexibility index (Phi) is 4.66. The molecule has 8 nitrogen and oxygen atoms in total. The van der Waals surface area contributed by atoms with Crippen molar-refractivity contribution in [3.05, 3.63) is 50.1 Å². The Morgan fingerprint density at radius 2 is 2.08 bits per heavy atom. The van der Waals surface area contributed by atoms with Crippen molar-refractivity contribution in [2.45, 2.75) is 25.7 Å². The second-order valence-electron chi connectivity index (χ2n) is 5.53. The van der Waals surface area contributed by atoms with E-state index in [9.17, 15) is 19.7 Å². The fraction of sp³-hybridized carbons (Fsp3) is 0.250. The Bertz CT molecular complexity index is 880. The van der Waals surface area contributed by atoms with Crippen molar-refractivity contribution in [2.24, 2.45) is 5.73 Å². The molecule has 0 radical (unpaired) electrons. The second kappa shape index (κ2) is 6.89. The van der Waals surface area contributed by atoms with Gasteiger partial charge in [-0.3, -0.25) is 19.7 Å². The van der Waals surface area contributed by atoms with Gasteiger partial charge in [0, 0.05) is 11.0 Å². The van der Waals surface area contributed by atoms with Crippen LogP contribution in [0.4, 0.5) is 10.9 Å². The number of amides is 2. The maximum Gasteiger partial charge on any atom is 0.433 e. The monoisotopic (exact) mass is 361 g/mol. The lowest BCUT2D eigenvalue weighted by Gasteiger charge is -2.11. The number of thiophene rings is 1. The van der Waals surface area contributed by atoms with Crippen LogP contribution < -0.4 is 11.1 Å². The van der Waals surface area contributed by atoms with Crippen LogP contribution in [-0.2, 0) is 17.6 Å². The molecule has 0 atom stereocenters. The van der Waals surface area contributed by atoms with E-state index in [1.807, 2.05) is 0 Å². The van der Waals surface area contributed by atoms with Crippen molar-refractivity contribution in [3.8, 4) is 0 Å². The van der Waals surface area contributed by atoms with Gasteiger partial charge in [0.15, 0.2) is 0 Å². The maximum atomic E-state index is 12.1. The third-order valence-corrected chi connectivity index (χ3v) is 5.05. The van der Waals surface area contributed by atoms with Gasteiger partial charge in [0.05, 0.1) is 11.6 Å². The summed E-state index contributed by atoms with van der Waals surface area (Å²) in [6, 6.07) is 2.59. The molecule has 0 aliphatic heterocycles. The van der Waals surface area contributed by atoms with E-state index in [0.717, 1.165) is 36.1 Å². The van der Waals surface area contributed by atoms with Crippen molar-refractivity contribution in [1.29, 1.82) is 0 Å². The summed E-state index contributed by atoms with van der Waals surface area (Å²) < 4.78 is 4.94. The summed E-state index contributed by atoms with van der Waals surface area (Å²) >= 11 is 1.37. The van der Waals surface area contributed by atoms with E-state index in [1.165, 1.54) is 35.6 Å². The van der Waals surface area contributed by atoms with Gasteiger partial charge in [0.25, 0.3) is 5.91 Å². The number of carbonyl (C=O) groups excluding carboxylic acids is 2. The predicted octanol–water partition coefficient (Wildman–Crippen LogP) is 2.88. The number of aryl methyl sites for hydroxylation is 1. The predicted molar refractivity (Wildman–Crippen MR) is 92.5 cm³/mol. The van der Waals surface area contributed by atoms with Crippen LogP contribution in [-0.4, -0.2) is 16.7 Å². The quantitative estimate of drug-likeness (QED) is 0.481. The highest BCUT2D eigenvalue weighted by Gasteiger charge is 2.24. The van der Waals surface area contributed by atoms with E-state index in [1.54, 1.807) is 0 Å². The minimum atomic E-state index is -0.660. The van der Waals surface area contributed by atoms with Gasteiger partial charge in [-0.25, -0.2) is 0 Å². The average molecular weight is 361 g/mol. The van der Waals surface area contributed by atoms with Crippen LogP contribution in [0, 0.1) is 10.1 Å². The first-order chi connectivity index (χ1) is 12.0. The normalized spacial score (nSPS) is 13.6. The zero-order valence-corrected chi connectivity index (χ0v) is 13.9. The van der Waals surface area contributed by atoms with Gasteiger partial charge in [-0.1, -0.05) is 0 Å². The van der Waals surface area contributed by atoms with Gasteiger partial charge in [0.1, 0.15) is 15.7 Å². The van der Waals surface area contributed by atoms with E-state index >= 15 is 0 Å². The van der Waals surface area contributed by atoms with Crippen LogP contribution in [0.25, 0.3) is 6.08 Å². The van der Waals surface area contributed by atoms with Crippen molar-refractivity contribution in [2.75, 3.05) is 5.32 Å². The molecule has 0 fully saturated rings. The van der Waals surface area contributed by atoms with Crippen LogP contribution >= 0.6 is 11.3 Å². The number of hydrogen-bond acceptors (Lipinski definition) is 6. The first kappa shape index (κ1) is 16.9. The van der Waals surface area contributed by atoms with Gasteiger partial charge >= 0.3 is 5.88 Å². The van der Waals surface area contributed by atoms with Gasteiger partial charge in [-0.15, -0.1) is 11.3 Å². The summed E-state index contributed by atoms with van der Waals surface area (Å²) in [7, 11) is 0. The number of fused-ring (bicyclic) bond motifs is 1. The summed E-state index contributed by atoms with van der Waals surface area (Å²) in [4.78, 5) is 34.8. The first-order valence-electron chi connectivity index (χ1n) is 7.63. The standard InChI is InChI=1S/C16H15N3O5S/c17-15(21)14-10-3-1-2-4-11(10)25-16(14)18-12(20)7-5-9-6-8-13(24-9)19(22)23/h5-8H,1-4H2,(H2,17,21)(H,18,20)/b7-5+. The van der Waals surface area contributed by atoms with Crippen molar-refractivity contribution in [3.63, 3.8) is 0 Å². The molecule has 1 aliphatic carbocycles. The average Bonchev–Trinajstić information content (AvgIpc) is 3.17. The minimum absolute atomic E-state index is 0.183. The number of rotatable bonds is 5. The lowest BCUT2D eigenvalue weighted by Crippen LogP contribution is -2.17. The smallest absolute Gasteiger partial charge is 0.401 e. The number of hydrogen-bond donors (Lipinski definition) is 2.